The maximum absolute atomic E-state index is 5.69. The van der Waals surface area contributed by atoms with Crippen LogP contribution in [0, 0.1) is 0 Å². The highest BCUT2D eigenvalue weighted by molar-refractivity contribution is 9.10. The normalized spacial score (nSPS) is 10.4. The van der Waals surface area contributed by atoms with Crippen molar-refractivity contribution in [1.82, 2.24) is 9.55 Å². The van der Waals surface area contributed by atoms with E-state index in [1.807, 2.05) is 31.4 Å². The molecule has 0 saturated carbocycles. The van der Waals surface area contributed by atoms with Gasteiger partial charge in [-0.15, -0.1) is 0 Å². The van der Waals surface area contributed by atoms with Gasteiger partial charge in [-0.2, -0.15) is 0 Å². The number of nitrogens with zero attached hydrogens (tertiary/aromatic N) is 2. The first kappa shape index (κ1) is 11.0. The van der Waals surface area contributed by atoms with Gasteiger partial charge in [0.25, 0.3) is 0 Å². The highest BCUT2D eigenvalue weighted by Crippen LogP contribution is 2.30. The summed E-state index contributed by atoms with van der Waals surface area (Å²) in [4.78, 5) is 4.26. The van der Waals surface area contributed by atoms with Crippen molar-refractivity contribution >= 4 is 21.9 Å². The van der Waals surface area contributed by atoms with E-state index in [1.54, 1.807) is 11.7 Å². The van der Waals surface area contributed by atoms with E-state index in [-0.39, 0.29) is 0 Å². The fourth-order valence-corrected chi connectivity index (χ4v) is 1.99. The number of nitrogen functional groups attached to an aromatic ring is 1. The number of hydrogen-bond donors (Lipinski definition) is 1. The van der Waals surface area contributed by atoms with E-state index in [1.165, 1.54) is 0 Å². The van der Waals surface area contributed by atoms with Crippen LogP contribution in [-0.4, -0.2) is 16.7 Å². The van der Waals surface area contributed by atoms with Gasteiger partial charge in [0.05, 0.1) is 17.3 Å². The second-order valence-electron chi connectivity index (χ2n) is 3.44. The summed E-state index contributed by atoms with van der Waals surface area (Å²) in [7, 11) is 3.50. The quantitative estimate of drug-likeness (QED) is 0.920. The van der Waals surface area contributed by atoms with Crippen LogP contribution < -0.4 is 10.5 Å². The molecule has 0 amide bonds. The number of aryl methyl sites for hydroxylation is 1. The van der Waals surface area contributed by atoms with Crippen LogP contribution in [0.2, 0.25) is 0 Å². The van der Waals surface area contributed by atoms with Crippen LogP contribution in [0.15, 0.2) is 28.9 Å². The summed E-state index contributed by atoms with van der Waals surface area (Å²) >= 11 is 3.44. The summed E-state index contributed by atoms with van der Waals surface area (Å²) in [5, 5.41) is 0. The van der Waals surface area contributed by atoms with Crippen molar-refractivity contribution in [3.05, 3.63) is 28.9 Å². The molecule has 2 N–H and O–H groups in total. The zero-order chi connectivity index (χ0) is 11.7. The molecule has 0 aliphatic rings. The topological polar surface area (TPSA) is 53.1 Å². The first-order valence-corrected chi connectivity index (χ1v) is 5.54. The first-order valence-electron chi connectivity index (χ1n) is 4.74. The van der Waals surface area contributed by atoms with Gasteiger partial charge in [0.1, 0.15) is 5.75 Å². The number of imidazole rings is 1. The molecule has 5 heteroatoms. The molecular formula is C11H12BrN3O. The number of ether oxygens (including phenoxy) is 1. The standard InChI is InChI=1S/C11H12BrN3O/c1-15-6-9(14-11(15)13)7-3-4-10(16-2)8(12)5-7/h3-6H,1-2H3,(H2,13,14). The Hall–Kier alpha value is -1.49. The molecule has 0 aliphatic heterocycles. The molecule has 16 heavy (non-hydrogen) atoms. The summed E-state index contributed by atoms with van der Waals surface area (Å²) in [5.74, 6) is 1.30. The fraction of sp³-hybridized carbons (Fsp3) is 0.182. The molecule has 0 fully saturated rings. The van der Waals surface area contributed by atoms with E-state index in [4.69, 9.17) is 10.5 Å². The average Bonchev–Trinajstić information content (AvgIpc) is 2.59. The van der Waals surface area contributed by atoms with Gasteiger partial charge in [-0.05, 0) is 34.1 Å². The number of anilines is 1. The van der Waals surface area contributed by atoms with Crippen LogP contribution in [-0.2, 0) is 7.05 Å². The molecule has 4 nitrogen and oxygen atoms in total. The Morgan fingerprint density at radius 3 is 2.69 bits per heavy atom. The van der Waals surface area contributed by atoms with Crippen LogP contribution in [0.3, 0.4) is 0 Å². The van der Waals surface area contributed by atoms with E-state index < -0.39 is 0 Å². The second kappa shape index (κ2) is 4.17. The summed E-state index contributed by atoms with van der Waals surface area (Å²) in [5.41, 5.74) is 7.54. The summed E-state index contributed by atoms with van der Waals surface area (Å²) in [6, 6.07) is 5.80. The third-order valence-corrected chi connectivity index (χ3v) is 2.98. The lowest BCUT2D eigenvalue weighted by atomic mass is 10.2. The van der Waals surface area contributed by atoms with Gasteiger partial charge in [-0.1, -0.05) is 0 Å². The zero-order valence-corrected chi connectivity index (χ0v) is 10.7. The first-order chi connectivity index (χ1) is 7.61. The highest BCUT2D eigenvalue weighted by atomic mass is 79.9. The maximum Gasteiger partial charge on any atom is 0.200 e. The zero-order valence-electron chi connectivity index (χ0n) is 9.07. The number of benzene rings is 1. The van der Waals surface area contributed by atoms with Crippen LogP contribution in [0.4, 0.5) is 5.95 Å². The molecule has 2 aromatic rings. The van der Waals surface area contributed by atoms with Crippen molar-refractivity contribution < 1.29 is 4.74 Å². The van der Waals surface area contributed by atoms with Crippen LogP contribution in [0.25, 0.3) is 11.3 Å². The monoisotopic (exact) mass is 281 g/mol. The third kappa shape index (κ3) is 1.90. The smallest absolute Gasteiger partial charge is 0.200 e. The van der Waals surface area contributed by atoms with Crippen LogP contribution in [0.1, 0.15) is 0 Å². The van der Waals surface area contributed by atoms with E-state index in [0.29, 0.717) is 5.95 Å². The van der Waals surface area contributed by atoms with E-state index in [9.17, 15) is 0 Å². The number of nitrogens with two attached hydrogens (primary N) is 1. The Kier molecular flexibility index (Phi) is 2.87. The minimum Gasteiger partial charge on any atom is -0.496 e. The second-order valence-corrected chi connectivity index (χ2v) is 4.30. The SMILES string of the molecule is COc1ccc(-c2cn(C)c(N)n2)cc1Br. The molecule has 1 aromatic carbocycles. The molecule has 2 rings (SSSR count). The summed E-state index contributed by atoms with van der Waals surface area (Å²) < 4.78 is 7.85. The molecule has 84 valence electrons. The van der Waals surface area contributed by atoms with Gasteiger partial charge in [-0.3, -0.25) is 0 Å². The number of hydrogen-bond acceptors (Lipinski definition) is 3. The predicted molar refractivity (Wildman–Crippen MR) is 67.3 cm³/mol. The average molecular weight is 282 g/mol. The van der Waals surface area contributed by atoms with E-state index in [0.717, 1.165) is 21.5 Å². The van der Waals surface area contributed by atoms with Crippen molar-refractivity contribution in [2.24, 2.45) is 7.05 Å². The van der Waals surface area contributed by atoms with Crippen molar-refractivity contribution in [1.29, 1.82) is 0 Å². The van der Waals surface area contributed by atoms with Crippen molar-refractivity contribution in [3.8, 4) is 17.0 Å². The lowest BCUT2D eigenvalue weighted by molar-refractivity contribution is 0.412. The predicted octanol–water partition coefficient (Wildman–Crippen LogP) is 2.44. The van der Waals surface area contributed by atoms with Crippen molar-refractivity contribution in [2.45, 2.75) is 0 Å². The van der Waals surface area contributed by atoms with Crippen molar-refractivity contribution in [2.75, 3.05) is 12.8 Å². The number of aromatic nitrogens is 2. The lowest BCUT2D eigenvalue weighted by Crippen LogP contribution is -1.94. The number of halogens is 1. The molecule has 1 aromatic heterocycles. The summed E-state index contributed by atoms with van der Waals surface area (Å²) in [6.45, 7) is 0. The van der Waals surface area contributed by atoms with Gasteiger partial charge < -0.3 is 15.0 Å². The van der Waals surface area contributed by atoms with E-state index in [2.05, 4.69) is 20.9 Å². The van der Waals surface area contributed by atoms with Gasteiger partial charge in [0, 0.05) is 18.8 Å². The Morgan fingerprint density at radius 2 is 2.19 bits per heavy atom. The van der Waals surface area contributed by atoms with Crippen LogP contribution >= 0.6 is 15.9 Å². The Labute approximate surface area is 102 Å². The number of rotatable bonds is 2. The molecule has 1 heterocycles. The lowest BCUT2D eigenvalue weighted by Gasteiger charge is -2.04. The number of methoxy groups -OCH3 is 1. The van der Waals surface area contributed by atoms with E-state index >= 15 is 0 Å². The van der Waals surface area contributed by atoms with Crippen molar-refractivity contribution in [3.63, 3.8) is 0 Å². The summed E-state index contributed by atoms with van der Waals surface area (Å²) in [6.07, 6.45) is 1.89. The van der Waals surface area contributed by atoms with Gasteiger partial charge >= 0.3 is 0 Å². The molecule has 0 spiro atoms. The fourth-order valence-electron chi connectivity index (χ4n) is 1.45. The molecule has 0 aliphatic carbocycles. The minimum absolute atomic E-state index is 0.502. The molecule has 0 radical (unpaired) electrons. The minimum atomic E-state index is 0.502. The molecule has 0 unspecified atom stereocenters. The van der Waals surface area contributed by atoms with Gasteiger partial charge in [0.15, 0.2) is 5.95 Å². The Morgan fingerprint density at radius 1 is 1.44 bits per heavy atom. The molecular weight excluding hydrogens is 270 g/mol. The Bertz CT molecular complexity index is 502. The third-order valence-electron chi connectivity index (χ3n) is 2.36. The largest absolute Gasteiger partial charge is 0.496 e. The molecule has 0 atom stereocenters. The molecule has 0 saturated heterocycles. The maximum atomic E-state index is 5.69. The van der Waals surface area contributed by atoms with Crippen LogP contribution in [0.5, 0.6) is 5.75 Å². The Balaban J connectivity index is 2.45. The van der Waals surface area contributed by atoms with Gasteiger partial charge in [0.2, 0.25) is 0 Å². The molecule has 0 bridgehead atoms. The highest BCUT2D eigenvalue weighted by Gasteiger charge is 2.07. The van der Waals surface area contributed by atoms with Gasteiger partial charge in [-0.25, -0.2) is 4.98 Å².